The number of carbonyl (C=O) groups excluding carboxylic acids is 1. The maximum Gasteiger partial charge on any atom is 0.237 e. The molecule has 0 aromatic carbocycles. The van der Waals surface area contributed by atoms with Crippen LogP contribution in [0.5, 0.6) is 0 Å². The number of likely N-dealkylation sites (tertiary alicyclic amines) is 1. The molecule has 1 atom stereocenters. The van der Waals surface area contributed by atoms with Gasteiger partial charge in [0.2, 0.25) is 5.91 Å². The molecule has 1 amide bonds. The molecule has 0 aromatic heterocycles. The lowest BCUT2D eigenvalue weighted by molar-refractivity contribution is -0.124. The van der Waals surface area contributed by atoms with E-state index in [0.717, 1.165) is 32.0 Å². The monoisotopic (exact) mass is 275 g/mol. The van der Waals surface area contributed by atoms with Crippen molar-refractivity contribution in [3.05, 3.63) is 0 Å². The van der Waals surface area contributed by atoms with Gasteiger partial charge in [0.1, 0.15) is 0 Å². The Balaban J connectivity index is 0.00000162. The lowest BCUT2D eigenvalue weighted by Gasteiger charge is -2.33. The van der Waals surface area contributed by atoms with E-state index in [4.69, 9.17) is 5.73 Å². The van der Waals surface area contributed by atoms with E-state index in [-0.39, 0.29) is 30.3 Å². The van der Waals surface area contributed by atoms with Crippen LogP contribution in [0, 0.1) is 5.92 Å². The molecule has 0 spiro atoms. The number of amides is 1. The number of hydrogen-bond acceptors (Lipinski definition) is 3. The van der Waals surface area contributed by atoms with E-state index >= 15 is 0 Å². The van der Waals surface area contributed by atoms with Crippen LogP contribution in [0.4, 0.5) is 0 Å². The fraction of sp³-hybridized carbons (Fsp3) is 0.923. The highest BCUT2D eigenvalue weighted by molar-refractivity contribution is 5.85. The Morgan fingerprint density at radius 3 is 2.22 bits per heavy atom. The maximum atomic E-state index is 11.8. The molecule has 0 aromatic rings. The molecule has 18 heavy (non-hydrogen) atoms. The smallest absolute Gasteiger partial charge is 0.237 e. The second-order valence-corrected chi connectivity index (χ2v) is 5.82. The maximum absolute atomic E-state index is 11.8. The van der Waals surface area contributed by atoms with Crippen molar-refractivity contribution in [3.63, 3.8) is 0 Å². The molecule has 1 heterocycles. The first kappa shape index (κ1) is 15.7. The minimum absolute atomic E-state index is 0. The van der Waals surface area contributed by atoms with E-state index in [1.54, 1.807) is 0 Å². The van der Waals surface area contributed by atoms with Gasteiger partial charge in [0.05, 0.1) is 6.04 Å². The summed E-state index contributed by atoms with van der Waals surface area (Å²) in [6.07, 6.45) is 4.89. The summed E-state index contributed by atoms with van der Waals surface area (Å²) >= 11 is 0. The molecule has 0 unspecified atom stereocenters. The van der Waals surface area contributed by atoms with Gasteiger partial charge in [-0.2, -0.15) is 0 Å². The Morgan fingerprint density at radius 1 is 1.22 bits per heavy atom. The van der Waals surface area contributed by atoms with E-state index in [9.17, 15) is 4.79 Å². The average Bonchev–Trinajstić information content (AvgIpc) is 3.12. The fourth-order valence-electron chi connectivity index (χ4n) is 2.45. The summed E-state index contributed by atoms with van der Waals surface area (Å²) < 4.78 is 0. The Labute approximate surface area is 116 Å². The number of nitrogens with zero attached hydrogens (tertiary/aromatic N) is 1. The van der Waals surface area contributed by atoms with Crippen LogP contribution in [-0.2, 0) is 4.79 Å². The van der Waals surface area contributed by atoms with E-state index in [2.05, 4.69) is 10.2 Å². The molecule has 1 saturated carbocycles. The van der Waals surface area contributed by atoms with Crippen molar-refractivity contribution in [2.45, 2.75) is 57.7 Å². The second-order valence-electron chi connectivity index (χ2n) is 5.82. The van der Waals surface area contributed by atoms with E-state index in [1.807, 2.05) is 13.8 Å². The Bertz CT molecular complexity index is 273. The number of carbonyl (C=O) groups is 1. The van der Waals surface area contributed by atoms with Crippen LogP contribution in [0.3, 0.4) is 0 Å². The summed E-state index contributed by atoms with van der Waals surface area (Å²) in [6.45, 7) is 6.24. The lowest BCUT2D eigenvalue weighted by atomic mass is 10.0. The minimum Gasteiger partial charge on any atom is -0.352 e. The molecule has 5 heteroatoms. The summed E-state index contributed by atoms with van der Waals surface area (Å²) in [4.78, 5) is 14.4. The van der Waals surface area contributed by atoms with Crippen LogP contribution in [-0.4, -0.2) is 42.0 Å². The van der Waals surface area contributed by atoms with Gasteiger partial charge < -0.3 is 16.0 Å². The van der Waals surface area contributed by atoms with Crippen LogP contribution in [0.1, 0.15) is 39.5 Å². The van der Waals surface area contributed by atoms with Crippen molar-refractivity contribution in [1.82, 2.24) is 10.2 Å². The number of halogens is 1. The summed E-state index contributed by atoms with van der Waals surface area (Å²) in [7, 11) is 0. The third kappa shape index (κ3) is 4.11. The molecule has 1 aliphatic heterocycles. The van der Waals surface area contributed by atoms with Crippen molar-refractivity contribution < 1.29 is 4.79 Å². The SMILES string of the molecule is CC(C)[C@H](N)C(=O)NC1CCN(C2CC2)CC1.Cl. The standard InChI is InChI=1S/C13H25N3O.ClH/c1-9(2)12(14)13(17)15-10-5-7-16(8-6-10)11-3-4-11;/h9-12H,3-8,14H2,1-2H3,(H,15,17);1H/t12-;/m0./s1. The number of piperidine rings is 1. The zero-order valence-corrected chi connectivity index (χ0v) is 12.2. The third-order valence-electron chi connectivity index (χ3n) is 3.96. The predicted molar refractivity (Wildman–Crippen MR) is 75.8 cm³/mol. The third-order valence-corrected chi connectivity index (χ3v) is 3.96. The molecule has 106 valence electrons. The molecule has 3 N–H and O–H groups in total. The van der Waals surface area contributed by atoms with E-state index in [0.29, 0.717) is 6.04 Å². The lowest BCUT2D eigenvalue weighted by Crippen LogP contribution is -2.51. The number of rotatable bonds is 4. The molecule has 1 saturated heterocycles. The Hall–Kier alpha value is -0.320. The summed E-state index contributed by atoms with van der Waals surface area (Å²) in [5.41, 5.74) is 5.84. The molecule has 1 aliphatic carbocycles. The summed E-state index contributed by atoms with van der Waals surface area (Å²) in [5.74, 6) is 0.228. The molecule has 2 aliphatic rings. The van der Waals surface area contributed by atoms with Gasteiger partial charge in [0.15, 0.2) is 0 Å². The topological polar surface area (TPSA) is 58.4 Å². The molecule has 2 fully saturated rings. The highest BCUT2D eigenvalue weighted by Gasteiger charge is 2.32. The van der Waals surface area contributed by atoms with E-state index < -0.39 is 0 Å². The Kier molecular flexibility index (Phi) is 5.89. The highest BCUT2D eigenvalue weighted by Crippen LogP contribution is 2.29. The molecule has 2 rings (SSSR count). The average molecular weight is 276 g/mol. The van der Waals surface area contributed by atoms with Gasteiger partial charge in [0, 0.05) is 25.2 Å². The van der Waals surface area contributed by atoms with Crippen molar-refractivity contribution in [1.29, 1.82) is 0 Å². The van der Waals surface area contributed by atoms with Crippen LogP contribution < -0.4 is 11.1 Å². The first-order chi connectivity index (χ1) is 8.08. The highest BCUT2D eigenvalue weighted by atomic mass is 35.5. The zero-order valence-electron chi connectivity index (χ0n) is 11.4. The van der Waals surface area contributed by atoms with E-state index in [1.165, 1.54) is 12.8 Å². The van der Waals surface area contributed by atoms with Gasteiger partial charge in [0.25, 0.3) is 0 Å². The number of nitrogens with two attached hydrogens (primary N) is 1. The molecular weight excluding hydrogens is 250 g/mol. The molecule has 0 radical (unpaired) electrons. The molecule has 0 bridgehead atoms. The van der Waals surface area contributed by atoms with Crippen molar-refractivity contribution in [2.75, 3.05) is 13.1 Å². The van der Waals surface area contributed by atoms with Crippen molar-refractivity contribution in [3.8, 4) is 0 Å². The fourth-order valence-corrected chi connectivity index (χ4v) is 2.45. The van der Waals surface area contributed by atoms with Crippen LogP contribution in [0.25, 0.3) is 0 Å². The minimum atomic E-state index is -0.364. The Morgan fingerprint density at radius 2 is 1.78 bits per heavy atom. The van der Waals surface area contributed by atoms with Gasteiger partial charge in [-0.15, -0.1) is 12.4 Å². The summed E-state index contributed by atoms with van der Waals surface area (Å²) in [6, 6.07) is 0.823. The van der Waals surface area contributed by atoms with Crippen molar-refractivity contribution in [2.24, 2.45) is 11.7 Å². The molecular formula is C13H26ClN3O. The molecule has 4 nitrogen and oxygen atoms in total. The van der Waals surface area contributed by atoms with Gasteiger partial charge in [-0.1, -0.05) is 13.8 Å². The predicted octanol–water partition coefficient (Wildman–Crippen LogP) is 1.13. The largest absolute Gasteiger partial charge is 0.352 e. The quantitative estimate of drug-likeness (QED) is 0.809. The van der Waals surface area contributed by atoms with Crippen molar-refractivity contribution >= 4 is 18.3 Å². The summed E-state index contributed by atoms with van der Waals surface area (Å²) in [5, 5.41) is 3.09. The number of hydrogen-bond donors (Lipinski definition) is 2. The number of nitrogens with one attached hydrogen (secondary N) is 1. The van der Waals surface area contributed by atoms with Gasteiger partial charge in [-0.05, 0) is 31.6 Å². The normalized spacial score (nSPS) is 23.6. The second kappa shape index (κ2) is 6.73. The van der Waals surface area contributed by atoms with Gasteiger partial charge in [-0.25, -0.2) is 0 Å². The zero-order chi connectivity index (χ0) is 12.4. The van der Waals surface area contributed by atoms with Crippen LogP contribution in [0.15, 0.2) is 0 Å². The van der Waals surface area contributed by atoms with Crippen LogP contribution >= 0.6 is 12.4 Å². The first-order valence-electron chi connectivity index (χ1n) is 6.88. The van der Waals surface area contributed by atoms with Gasteiger partial charge in [-0.3, -0.25) is 4.79 Å². The first-order valence-corrected chi connectivity index (χ1v) is 6.88. The van der Waals surface area contributed by atoms with Crippen LogP contribution in [0.2, 0.25) is 0 Å². The van der Waals surface area contributed by atoms with Gasteiger partial charge >= 0.3 is 0 Å².